The molecule has 3 aromatic carbocycles. The van der Waals surface area contributed by atoms with Gasteiger partial charge in [-0.15, -0.1) is 0 Å². The number of unbranched alkanes of at least 4 members (excludes halogenated alkanes) is 4. The highest BCUT2D eigenvalue weighted by Crippen LogP contribution is 2.22. The quantitative estimate of drug-likeness (QED) is 0.0358. The van der Waals surface area contributed by atoms with Crippen LogP contribution in [0.1, 0.15) is 188 Å². The van der Waals surface area contributed by atoms with Crippen molar-refractivity contribution in [2.75, 3.05) is 32.7 Å². The Labute approximate surface area is 666 Å². The highest BCUT2D eigenvalue weighted by atomic mass is 16.4. The van der Waals surface area contributed by atoms with Gasteiger partial charge in [-0.1, -0.05) is 153 Å². The van der Waals surface area contributed by atoms with Gasteiger partial charge < -0.3 is 97.2 Å². The van der Waals surface area contributed by atoms with E-state index in [9.17, 15) is 67.4 Å². The van der Waals surface area contributed by atoms with Crippen LogP contribution in [0.2, 0.25) is 0 Å². The van der Waals surface area contributed by atoms with Crippen LogP contribution < -0.4 is 87.2 Å². The Balaban J connectivity index is 1.56. The Morgan fingerprint density at radius 2 is 0.664 bits per heavy atom. The highest BCUT2D eigenvalue weighted by Gasteiger charge is 2.41. The van der Waals surface area contributed by atoms with Gasteiger partial charge in [0.15, 0.2) is 0 Å². The van der Waals surface area contributed by atoms with E-state index in [-0.39, 0.29) is 95.1 Å². The first-order valence-electron chi connectivity index (χ1n) is 40.4. The van der Waals surface area contributed by atoms with Gasteiger partial charge in [0.05, 0.1) is 6.04 Å². The molecule has 13 atom stereocenters. The molecule has 31 nitrogen and oxygen atoms in total. The van der Waals surface area contributed by atoms with Crippen molar-refractivity contribution in [2.24, 2.45) is 52.3 Å². The van der Waals surface area contributed by atoms with Gasteiger partial charge in [-0.2, -0.15) is 0 Å². The van der Waals surface area contributed by atoms with Crippen LogP contribution in [0.3, 0.4) is 0 Å². The zero-order chi connectivity index (χ0) is 83.7. The van der Waals surface area contributed by atoms with E-state index in [1.54, 1.807) is 105 Å². The number of carboxylic acid groups (broad SMARTS) is 1. The molecule has 1 heterocycles. The van der Waals surface area contributed by atoms with Gasteiger partial charge in [0, 0.05) is 25.8 Å². The summed E-state index contributed by atoms with van der Waals surface area (Å²) < 4.78 is 0. The molecule has 0 aliphatic carbocycles. The summed E-state index contributed by atoms with van der Waals surface area (Å²) in [7, 11) is 0. The highest BCUT2D eigenvalue weighted by molar-refractivity contribution is 6.00. The van der Waals surface area contributed by atoms with Gasteiger partial charge in [-0.25, -0.2) is 4.79 Å². The molecule has 0 saturated carbocycles. The lowest BCUT2D eigenvalue weighted by molar-refractivity contribution is -0.143. The van der Waals surface area contributed by atoms with E-state index < -0.39 is 161 Å². The monoisotopic (exact) mass is 1580 g/mol. The molecule has 31 heteroatoms. The molecule has 628 valence electrons. The molecule has 3 aromatic rings. The number of nitrogens with zero attached hydrogens (tertiary/aromatic N) is 1. The first-order chi connectivity index (χ1) is 53.8. The molecule has 22 N–H and O–H groups in total. The van der Waals surface area contributed by atoms with Gasteiger partial charge in [-0.05, 0) is 176 Å². The minimum Gasteiger partial charge on any atom is -0.480 e. The summed E-state index contributed by atoms with van der Waals surface area (Å²) in [5.41, 5.74) is 31.3. The van der Waals surface area contributed by atoms with Gasteiger partial charge in [0.25, 0.3) is 0 Å². The Morgan fingerprint density at radius 3 is 1.00 bits per heavy atom. The zero-order valence-corrected chi connectivity index (χ0v) is 67.7. The third-order valence-corrected chi connectivity index (χ3v) is 19.6. The van der Waals surface area contributed by atoms with E-state index in [0.29, 0.717) is 101 Å². The summed E-state index contributed by atoms with van der Waals surface area (Å²) in [6, 6.07) is 10.6. The summed E-state index contributed by atoms with van der Waals surface area (Å²) in [5.74, 6) is -10.8. The molecule has 1 aliphatic heterocycles. The summed E-state index contributed by atoms with van der Waals surface area (Å²) in [5, 5.41) is 40.7. The number of hydrogen-bond acceptors (Lipinski definition) is 18. The fourth-order valence-corrected chi connectivity index (χ4v) is 13.4. The number of carbonyl (C=O) groups excluding carboxylic acids is 12. The van der Waals surface area contributed by atoms with E-state index in [0.717, 1.165) is 0 Å². The number of benzene rings is 3. The second-order valence-electron chi connectivity index (χ2n) is 31.2. The predicted octanol–water partition coefficient (Wildman–Crippen LogP) is 1.78. The largest absolute Gasteiger partial charge is 0.480 e. The summed E-state index contributed by atoms with van der Waals surface area (Å²) in [4.78, 5) is 187. The average Bonchev–Trinajstić information content (AvgIpc) is 1.79. The van der Waals surface area contributed by atoms with Gasteiger partial charge >= 0.3 is 5.97 Å². The molecule has 0 aromatic heterocycles. The lowest BCUT2D eigenvalue weighted by Crippen LogP contribution is -2.61. The molecule has 4 rings (SSSR count). The number of rotatable bonds is 53. The van der Waals surface area contributed by atoms with Crippen molar-refractivity contribution in [3.63, 3.8) is 0 Å². The minimum absolute atomic E-state index is 0.0293. The topological polar surface area (TPSA) is 508 Å². The molecule has 0 bridgehead atoms. The van der Waals surface area contributed by atoms with Crippen LogP contribution in [0.4, 0.5) is 0 Å². The maximum atomic E-state index is 14.9. The number of likely N-dealkylation sites (tertiary alicyclic amines) is 1. The molecular formula is C82H131N17O14. The fraction of sp³-hybridized carbons (Fsp3) is 0.622. The number of nitrogens with two attached hydrogens (primary N) is 5. The van der Waals surface area contributed by atoms with Crippen molar-refractivity contribution in [3.8, 4) is 0 Å². The first kappa shape index (κ1) is 95.9. The number of aliphatic carboxylic acids is 1. The first-order valence-corrected chi connectivity index (χ1v) is 40.4. The molecule has 113 heavy (non-hydrogen) atoms. The van der Waals surface area contributed by atoms with E-state index >= 15 is 0 Å². The normalized spacial score (nSPS) is 15.9. The van der Waals surface area contributed by atoms with E-state index in [2.05, 4.69) is 58.5 Å². The predicted molar refractivity (Wildman–Crippen MR) is 433 cm³/mol. The number of carbonyl (C=O) groups is 13. The molecule has 1 saturated heterocycles. The molecule has 0 unspecified atom stereocenters. The summed E-state index contributed by atoms with van der Waals surface area (Å²) in [6.07, 6.45) is 5.50. The van der Waals surface area contributed by atoms with Crippen LogP contribution in [0.5, 0.6) is 0 Å². The van der Waals surface area contributed by atoms with Crippen LogP contribution >= 0.6 is 0 Å². The van der Waals surface area contributed by atoms with Crippen LogP contribution in [0, 0.1) is 23.7 Å². The van der Waals surface area contributed by atoms with E-state index in [4.69, 9.17) is 28.7 Å². The van der Waals surface area contributed by atoms with Crippen molar-refractivity contribution in [1.29, 1.82) is 0 Å². The van der Waals surface area contributed by atoms with E-state index in [1.807, 2.05) is 41.5 Å². The molecule has 1 fully saturated rings. The zero-order valence-electron chi connectivity index (χ0n) is 67.7. The second kappa shape index (κ2) is 51.3. The van der Waals surface area contributed by atoms with Crippen LogP contribution in [-0.4, -0.2) is 198 Å². The van der Waals surface area contributed by atoms with Crippen molar-refractivity contribution >= 4 is 76.9 Å². The molecule has 1 aliphatic rings. The second-order valence-corrected chi connectivity index (χ2v) is 31.2. The standard InChI is InChI=1S/C82H131N17O14/c1-50(2)44-62(93-75(105)63(45-51(3)4)92-73(103)61(37-22-26-42-86)91-72(102)60(36-21-25-41-85)90-71(101)59(35-20-24-40-84)89-70(100)58(87)34-19-23-39-83)74(104)88-54(9)81(111)99-43-27-38-68(99)80(110)97-66(48-56-30-15-11-16-31-56)78(108)94-64(46-52(5)6)76(106)95-65(47-55-28-13-10-14-29-55)77(107)96-67(49-57-32-17-12-18-33-57)79(109)98-69(53(7)8)82(112)113/h10-18,28-33,50-54,58-69H,19-27,34-49,83-87H2,1-9H3,(H,88,104)(H,89,100)(H,90,101)(H,91,102)(H,92,103)(H,93,105)(H,94,108)(H,95,106)(H,96,107)(H,97,110)(H,98,109)(H,112,113)/t54-,58-,59-,60-,61-,62-,63-,64-,65-,66-,67-,68-,69-/m0/s1. The molecule has 0 spiro atoms. The SMILES string of the molecule is CC(C)C[C@H](NC(=O)[C@H](CC(C)C)NC(=O)[C@H](CCCCN)NC(=O)[C@H](CCCCN)NC(=O)[C@H](CCCCN)NC(=O)[C@@H](N)CCCCN)C(=O)N[C@@H](C)C(=O)N1CCC[C@H]1C(=O)N[C@@H](Cc1ccccc1)C(=O)N[C@@H](CC(C)C)C(=O)N[C@@H](Cc1ccccc1)C(=O)N[C@@H](Cc1ccccc1)C(=O)N[C@H](C(=O)O)C(C)C. The summed E-state index contributed by atoms with van der Waals surface area (Å²) >= 11 is 0. The fourth-order valence-electron chi connectivity index (χ4n) is 13.4. The van der Waals surface area contributed by atoms with Gasteiger partial charge in [-0.3, -0.25) is 57.5 Å². The molecular weight excluding hydrogens is 1450 g/mol. The minimum atomic E-state index is -1.34. The summed E-state index contributed by atoms with van der Waals surface area (Å²) in [6.45, 7) is 17.2. The van der Waals surface area contributed by atoms with Crippen LogP contribution in [0.25, 0.3) is 0 Å². The Bertz CT molecular complexity index is 3480. The third-order valence-electron chi connectivity index (χ3n) is 19.6. The van der Waals surface area contributed by atoms with E-state index in [1.165, 1.54) is 11.8 Å². The average molecular weight is 1580 g/mol. The maximum absolute atomic E-state index is 14.9. The number of amides is 12. The molecule has 12 amide bonds. The van der Waals surface area contributed by atoms with Crippen LogP contribution in [-0.2, 0) is 81.6 Å². The Kier molecular flexibility index (Phi) is 43.6. The molecule has 0 radical (unpaired) electrons. The third kappa shape index (κ3) is 34.8. The van der Waals surface area contributed by atoms with Gasteiger partial charge in [0.1, 0.15) is 72.5 Å². The number of hydrogen-bond donors (Lipinski definition) is 17. The van der Waals surface area contributed by atoms with Crippen LogP contribution in [0.15, 0.2) is 91.0 Å². The van der Waals surface area contributed by atoms with Crippen molar-refractivity contribution in [1.82, 2.24) is 63.4 Å². The van der Waals surface area contributed by atoms with Crippen molar-refractivity contribution < 1.29 is 67.4 Å². The van der Waals surface area contributed by atoms with Crippen molar-refractivity contribution in [3.05, 3.63) is 108 Å². The smallest absolute Gasteiger partial charge is 0.326 e. The number of carboxylic acids is 1. The van der Waals surface area contributed by atoms with Gasteiger partial charge in [0.2, 0.25) is 70.9 Å². The number of nitrogens with one attached hydrogen (secondary N) is 11. The maximum Gasteiger partial charge on any atom is 0.326 e. The lowest BCUT2D eigenvalue weighted by atomic mass is 9.99. The Hall–Kier alpha value is -9.43. The Morgan fingerprint density at radius 1 is 0.372 bits per heavy atom. The lowest BCUT2D eigenvalue weighted by Gasteiger charge is -2.31. The van der Waals surface area contributed by atoms with Crippen molar-refractivity contribution in [2.45, 2.75) is 269 Å².